The summed E-state index contributed by atoms with van der Waals surface area (Å²) in [5.41, 5.74) is -0.866. The van der Waals surface area contributed by atoms with Crippen molar-refractivity contribution in [3.05, 3.63) is 22.8 Å². The van der Waals surface area contributed by atoms with Gasteiger partial charge in [0.05, 0.1) is 10.6 Å². The van der Waals surface area contributed by atoms with Crippen LogP contribution in [0.3, 0.4) is 0 Å². The number of hydrogen-bond donors (Lipinski definition) is 2. The number of hydrogen-bond acceptors (Lipinski definition) is 4. The molecule has 5 nitrogen and oxygen atoms in total. The summed E-state index contributed by atoms with van der Waals surface area (Å²) in [6.45, 7) is 2.03. The van der Waals surface area contributed by atoms with Crippen LogP contribution in [0.2, 0.25) is 5.02 Å². The van der Waals surface area contributed by atoms with E-state index in [1.165, 1.54) is 0 Å². The maximum atomic E-state index is 12.7. The van der Waals surface area contributed by atoms with Crippen LogP contribution in [-0.2, 0) is 11.0 Å². The van der Waals surface area contributed by atoms with Crippen molar-refractivity contribution in [3.63, 3.8) is 0 Å². The molecule has 0 radical (unpaired) electrons. The summed E-state index contributed by atoms with van der Waals surface area (Å²) < 4.78 is 38.1. The van der Waals surface area contributed by atoms with E-state index in [1.807, 2.05) is 0 Å². The summed E-state index contributed by atoms with van der Waals surface area (Å²) >= 11 is 5.98. The lowest BCUT2D eigenvalue weighted by atomic mass is 10.1. The van der Waals surface area contributed by atoms with Crippen molar-refractivity contribution in [2.24, 2.45) is 0 Å². The maximum Gasteiger partial charge on any atom is 0.417 e. The smallest absolute Gasteiger partial charge is 0.353 e. The molecule has 0 aromatic carbocycles. The molecule has 25 heavy (non-hydrogen) atoms. The quantitative estimate of drug-likeness (QED) is 0.848. The zero-order valence-electron chi connectivity index (χ0n) is 13.6. The number of nitrogens with one attached hydrogen (secondary N) is 2. The molecule has 138 valence electrons. The number of anilines is 1. The third kappa shape index (κ3) is 4.55. The van der Waals surface area contributed by atoms with Gasteiger partial charge in [-0.3, -0.25) is 4.79 Å². The Morgan fingerprint density at radius 3 is 2.88 bits per heavy atom. The predicted octanol–water partition coefficient (Wildman–Crippen LogP) is 2.59. The van der Waals surface area contributed by atoms with E-state index < -0.39 is 11.7 Å². The van der Waals surface area contributed by atoms with Crippen LogP contribution in [-0.4, -0.2) is 42.6 Å². The SMILES string of the molecule is O=C(CC1CCCN1)NC1CCN(c2ncc(C(F)(F)F)cc2Cl)C1. The van der Waals surface area contributed by atoms with Gasteiger partial charge in [-0.1, -0.05) is 11.6 Å². The van der Waals surface area contributed by atoms with Crippen LogP contribution in [0.1, 0.15) is 31.2 Å². The molecule has 0 spiro atoms. The number of nitrogens with zero attached hydrogens (tertiary/aromatic N) is 2. The Balaban J connectivity index is 1.56. The fraction of sp³-hybridized carbons (Fsp3) is 0.625. The van der Waals surface area contributed by atoms with Gasteiger partial charge in [-0.15, -0.1) is 0 Å². The first kappa shape index (κ1) is 18.3. The fourth-order valence-electron chi connectivity index (χ4n) is 3.33. The Labute approximate surface area is 148 Å². The van der Waals surface area contributed by atoms with Gasteiger partial charge in [0, 0.05) is 37.8 Å². The number of rotatable bonds is 4. The van der Waals surface area contributed by atoms with E-state index in [2.05, 4.69) is 15.6 Å². The number of amides is 1. The number of pyridine rings is 1. The van der Waals surface area contributed by atoms with Gasteiger partial charge in [-0.2, -0.15) is 13.2 Å². The van der Waals surface area contributed by atoms with Gasteiger partial charge in [0.25, 0.3) is 0 Å². The van der Waals surface area contributed by atoms with Gasteiger partial charge in [-0.25, -0.2) is 4.98 Å². The van der Waals surface area contributed by atoms with Crippen molar-refractivity contribution >= 4 is 23.3 Å². The normalized spacial score (nSPS) is 23.9. The topological polar surface area (TPSA) is 57.3 Å². The molecule has 1 amide bonds. The van der Waals surface area contributed by atoms with Gasteiger partial charge in [-0.05, 0) is 31.9 Å². The molecule has 0 saturated carbocycles. The lowest BCUT2D eigenvalue weighted by Crippen LogP contribution is -2.40. The van der Waals surface area contributed by atoms with Crippen LogP contribution in [0.4, 0.5) is 19.0 Å². The minimum absolute atomic E-state index is 0.00211. The van der Waals surface area contributed by atoms with Crippen molar-refractivity contribution in [2.45, 2.75) is 43.9 Å². The van der Waals surface area contributed by atoms with Crippen molar-refractivity contribution in [1.82, 2.24) is 15.6 Å². The molecule has 0 bridgehead atoms. The van der Waals surface area contributed by atoms with E-state index in [1.54, 1.807) is 4.90 Å². The minimum atomic E-state index is -4.47. The fourth-order valence-corrected chi connectivity index (χ4v) is 3.62. The summed E-state index contributed by atoms with van der Waals surface area (Å²) in [6, 6.07) is 1.08. The summed E-state index contributed by atoms with van der Waals surface area (Å²) in [7, 11) is 0. The van der Waals surface area contributed by atoms with E-state index in [0.29, 0.717) is 31.7 Å². The molecule has 2 fully saturated rings. The van der Waals surface area contributed by atoms with Gasteiger partial charge in [0.1, 0.15) is 5.82 Å². The summed E-state index contributed by atoms with van der Waals surface area (Å²) in [5.74, 6) is 0.321. The molecule has 2 aliphatic heterocycles. The van der Waals surface area contributed by atoms with Crippen LogP contribution < -0.4 is 15.5 Å². The van der Waals surface area contributed by atoms with E-state index >= 15 is 0 Å². The first-order valence-electron chi connectivity index (χ1n) is 8.33. The van der Waals surface area contributed by atoms with Crippen molar-refractivity contribution in [3.8, 4) is 0 Å². The lowest BCUT2D eigenvalue weighted by Gasteiger charge is -2.20. The van der Waals surface area contributed by atoms with Crippen LogP contribution in [0.25, 0.3) is 0 Å². The maximum absolute atomic E-state index is 12.7. The molecular formula is C16H20ClF3N4O. The van der Waals surface area contributed by atoms with Gasteiger partial charge < -0.3 is 15.5 Å². The van der Waals surface area contributed by atoms with Crippen molar-refractivity contribution in [2.75, 3.05) is 24.5 Å². The van der Waals surface area contributed by atoms with Crippen LogP contribution in [0.5, 0.6) is 0 Å². The van der Waals surface area contributed by atoms with E-state index in [9.17, 15) is 18.0 Å². The lowest BCUT2D eigenvalue weighted by molar-refractivity contribution is -0.137. The molecule has 2 N–H and O–H groups in total. The number of halogens is 4. The minimum Gasteiger partial charge on any atom is -0.353 e. The van der Waals surface area contributed by atoms with Crippen LogP contribution >= 0.6 is 11.6 Å². The summed E-state index contributed by atoms with van der Waals surface area (Å²) in [6.07, 6.45) is -0.412. The Morgan fingerprint density at radius 2 is 2.24 bits per heavy atom. The van der Waals surface area contributed by atoms with Crippen molar-refractivity contribution < 1.29 is 18.0 Å². The zero-order valence-corrected chi connectivity index (χ0v) is 14.3. The highest BCUT2D eigenvalue weighted by Crippen LogP contribution is 2.34. The molecule has 3 rings (SSSR count). The monoisotopic (exact) mass is 376 g/mol. The number of alkyl halides is 3. The molecule has 3 heterocycles. The average molecular weight is 377 g/mol. The molecule has 1 aromatic rings. The average Bonchev–Trinajstić information content (AvgIpc) is 3.18. The number of carbonyl (C=O) groups excluding carboxylic acids is 1. The second-order valence-corrected chi connectivity index (χ2v) is 6.93. The van der Waals surface area contributed by atoms with Gasteiger partial charge >= 0.3 is 6.18 Å². The highest BCUT2D eigenvalue weighted by molar-refractivity contribution is 6.33. The number of aromatic nitrogens is 1. The second kappa shape index (κ2) is 7.37. The third-order valence-electron chi connectivity index (χ3n) is 4.60. The summed E-state index contributed by atoms with van der Waals surface area (Å²) in [5, 5.41) is 6.24. The first-order valence-corrected chi connectivity index (χ1v) is 8.71. The zero-order chi connectivity index (χ0) is 18.0. The van der Waals surface area contributed by atoms with E-state index in [4.69, 9.17) is 11.6 Å². The third-order valence-corrected chi connectivity index (χ3v) is 4.87. The van der Waals surface area contributed by atoms with E-state index in [0.717, 1.165) is 31.6 Å². The largest absolute Gasteiger partial charge is 0.417 e. The molecule has 9 heteroatoms. The van der Waals surface area contributed by atoms with Crippen LogP contribution in [0, 0.1) is 0 Å². The Morgan fingerprint density at radius 1 is 1.44 bits per heavy atom. The Hall–Kier alpha value is -1.54. The molecule has 2 aliphatic rings. The Bertz CT molecular complexity index is 634. The Kier molecular flexibility index (Phi) is 5.38. The standard InChI is InChI=1S/C16H20ClF3N4O/c17-13-6-10(16(18,19)20)8-22-15(13)24-5-3-12(9-24)23-14(25)7-11-2-1-4-21-11/h6,8,11-12,21H,1-5,7,9H2,(H,23,25). The predicted molar refractivity (Wildman–Crippen MR) is 88.7 cm³/mol. The molecule has 2 unspecified atom stereocenters. The second-order valence-electron chi connectivity index (χ2n) is 6.52. The van der Waals surface area contributed by atoms with Crippen molar-refractivity contribution in [1.29, 1.82) is 0 Å². The molecule has 2 saturated heterocycles. The molecule has 2 atom stereocenters. The van der Waals surface area contributed by atoms with Gasteiger partial charge in [0.15, 0.2) is 0 Å². The highest BCUT2D eigenvalue weighted by atomic mass is 35.5. The molecule has 0 aliphatic carbocycles. The molecular weight excluding hydrogens is 357 g/mol. The van der Waals surface area contributed by atoms with Crippen LogP contribution in [0.15, 0.2) is 12.3 Å². The first-order chi connectivity index (χ1) is 11.8. The molecule has 1 aromatic heterocycles. The van der Waals surface area contributed by atoms with Gasteiger partial charge in [0.2, 0.25) is 5.91 Å². The van der Waals surface area contributed by atoms with E-state index in [-0.39, 0.29) is 23.0 Å². The number of carbonyl (C=O) groups is 1. The summed E-state index contributed by atoms with van der Waals surface area (Å²) in [4.78, 5) is 17.8. The highest BCUT2D eigenvalue weighted by Gasteiger charge is 2.33.